The number of rotatable bonds is 4. The molecule has 0 aliphatic carbocycles. The molecule has 2 N–H and O–H groups in total. The van der Waals surface area contributed by atoms with Crippen molar-refractivity contribution in [2.45, 2.75) is 38.6 Å². The van der Waals surface area contributed by atoms with Crippen molar-refractivity contribution in [3.63, 3.8) is 0 Å². The van der Waals surface area contributed by atoms with Gasteiger partial charge in [0.1, 0.15) is 0 Å². The van der Waals surface area contributed by atoms with E-state index in [2.05, 4.69) is 28.0 Å². The molecule has 0 amide bonds. The summed E-state index contributed by atoms with van der Waals surface area (Å²) < 4.78 is 1.94. The average Bonchev–Trinajstić information content (AvgIpc) is 3.06. The summed E-state index contributed by atoms with van der Waals surface area (Å²) in [6.45, 7) is 3.18. The summed E-state index contributed by atoms with van der Waals surface area (Å²) in [6.07, 6.45) is 8.09. The van der Waals surface area contributed by atoms with E-state index in [1.165, 1.54) is 12.0 Å². The minimum atomic E-state index is 0.353. The van der Waals surface area contributed by atoms with Gasteiger partial charge in [0, 0.05) is 26.0 Å². The van der Waals surface area contributed by atoms with Crippen LogP contribution in [-0.2, 0) is 13.5 Å². The topological polar surface area (TPSA) is 60.0 Å². The molecular formula is C16H23N5. The Kier molecular flexibility index (Phi) is 3.82. The molecule has 1 saturated heterocycles. The highest BCUT2D eigenvalue weighted by Gasteiger charge is 2.30. The maximum atomic E-state index is 6.37. The Morgan fingerprint density at radius 1 is 1.43 bits per heavy atom. The Hall–Kier alpha value is -2.04. The smallest absolute Gasteiger partial charge is 0.150 e. The summed E-state index contributed by atoms with van der Waals surface area (Å²) >= 11 is 0. The van der Waals surface area contributed by atoms with Crippen LogP contribution in [0.25, 0.3) is 0 Å². The summed E-state index contributed by atoms with van der Waals surface area (Å²) in [6, 6.07) is 4.50. The molecule has 3 rings (SSSR count). The van der Waals surface area contributed by atoms with Crippen LogP contribution in [0.4, 0.5) is 11.5 Å². The second-order valence-corrected chi connectivity index (χ2v) is 5.70. The van der Waals surface area contributed by atoms with Gasteiger partial charge in [0.15, 0.2) is 5.82 Å². The van der Waals surface area contributed by atoms with Gasteiger partial charge in [-0.15, -0.1) is 0 Å². The van der Waals surface area contributed by atoms with Crippen LogP contribution in [0, 0.1) is 0 Å². The first-order chi connectivity index (χ1) is 10.2. The van der Waals surface area contributed by atoms with E-state index in [0.29, 0.717) is 6.04 Å². The summed E-state index contributed by atoms with van der Waals surface area (Å²) in [7, 11) is 1.99. The van der Waals surface area contributed by atoms with Crippen LogP contribution < -0.4 is 10.6 Å². The summed E-state index contributed by atoms with van der Waals surface area (Å²) in [5.41, 5.74) is 9.49. The summed E-state index contributed by atoms with van der Waals surface area (Å²) in [5.74, 6) is 1.06. The normalized spacial score (nSPS) is 18.4. The zero-order valence-electron chi connectivity index (χ0n) is 12.8. The van der Waals surface area contributed by atoms with E-state index >= 15 is 0 Å². The van der Waals surface area contributed by atoms with Crippen molar-refractivity contribution in [3.8, 4) is 0 Å². The molecule has 21 heavy (non-hydrogen) atoms. The molecule has 1 aliphatic heterocycles. The second-order valence-electron chi connectivity index (χ2n) is 5.70. The van der Waals surface area contributed by atoms with Crippen LogP contribution in [0.1, 0.15) is 43.5 Å². The minimum Gasteiger partial charge on any atom is -0.394 e. The Bertz CT molecular complexity index is 605. The molecule has 112 valence electrons. The maximum absolute atomic E-state index is 6.37. The maximum Gasteiger partial charge on any atom is 0.150 e. The lowest BCUT2D eigenvalue weighted by Crippen LogP contribution is -2.25. The van der Waals surface area contributed by atoms with Crippen molar-refractivity contribution < 1.29 is 0 Å². The first kappa shape index (κ1) is 13.9. The molecule has 1 aliphatic rings. The highest BCUT2D eigenvalue weighted by Crippen LogP contribution is 2.39. The van der Waals surface area contributed by atoms with Gasteiger partial charge >= 0.3 is 0 Å². The first-order valence-electron chi connectivity index (χ1n) is 7.70. The number of nitrogen functional groups attached to an aromatic ring is 1. The number of nitrogens with two attached hydrogens (primary N) is 1. The van der Waals surface area contributed by atoms with Gasteiger partial charge in [0.25, 0.3) is 0 Å². The van der Waals surface area contributed by atoms with E-state index in [9.17, 15) is 0 Å². The Balaban J connectivity index is 1.96. The van der Waals surface area contributed by atoms with E-state index in [1.807, 2.05) is 30.2 Å². The molecule has 0 spiro atoms. The van der Waals surface area contributed by atoms with Crippen molar-refractivity contribution >= 4 is 11.5 Å². The quantitative estimate of drug-likeness (QED) is 0.938. The van der Waals surface area contributed by atoms with Crippen LogP contribution >= 0.6 is 0 Å². The van der Waals surface area contributed by atoms with Gasteiger partial charge in [-0.3, -0.25) is 9.67 Å². The van der Waals surface area contributed by atoms with Crippen LogP contribution in [-0.4, -0.2) is 21.3 Å². The zero-order chi connectivity index (χ0) is 14.8. The van der Waals surface area contributed by atoms with Crippen molar-refractivity contribution in [3.05, 3.63) is 35.8 Å². The number of aromatic nitrogens is 3. The average molecular weight is 285 g/mol. The molecule has 1 unspecified atom stereocenters. The fourth-order valence-electron chi connectivity index (χ4n) is 3.29. The van der Waals surface area contributed by atoms with E-state index in [4.69, 9.17) is 5.73 Å². The highest BCUT2D eigenvalue weighted by molar-refractivity contribution is 5.67. The van der Waals surface area contributed by atoms with Crippen LogP contribution in [0.2, 0.25) is 0 Å². The van der Waals surface area contributed by atoms with Crippen LogP contribution in [0.5, 0.6) is 0 Å². The predicted molar refractivity (Wildman–Crippen MR) is 85.2 cm³/mol. The third-order valence-electron chi connectivity index (χ3n) is 4.21. The number of hydrogen-bond donors (Lipinski definition) is 1. The van der Waals surface area contributed by atoms with Crippen LogP contribution in [0.3, 0.4) is 0 Å². The second kappa shape index (κ2) is 5.76. The van der Waals surface area contributed by atoms with Crippen LogP contribution in [0.15, 0.2) is 24.5 Å². The molecule has 3 heterocycles. The van der Waals surface area contributed by atoms with Gasteiger partial charge < -0.3 is 10.6 Å². The number of nitrogens with zero attached hydrogens (tertiary/aromatic N) is 4. The monoisotopic (exact) mass is 285 g/mol. The third-order valence-corrected chi connectivity index (χ3v) is 4.21. The molecular weight excluding hydrogens is 262 g/mol. The first-order valence-corrected chi connectivity index (χ1v) is 7.70. The molecule has 1 fully saturated rings. The molecule has 0 aromatic carbocycles. The summed E-state index contributed by atoms with van der Waals surface area (Å²) in [4.78, 5) is 6.64. The van der Waals surface area contributed by atoms with Gasteiger partial charge in [-0.05, 0) is 30.9 Å². The lowest BCUT2D eigenvalue weighted by atomic mass is 10.1. The lowest BCUT2D eigenvalue weighted by Gasteiger charge is -2.27. The molecule has 0 saturated carbocycles. The predicted octanol–water partition coefficient (Wildman–Crippen LogP) is 2.69. The Morgan fingerprint density at radius 3 is 3.00 bits per heavy atom. The van der Waals surface area contributed by atoms with Gasteiger partial charge in [0.2, 0.25) is 0 Å². The van der Waals surface area contributed by atoms with E-state index in [0.717, 1.165) is 43.0 Å². The van der Waals surface area contributed by atoms with Crippen molar-refractivity contribution in [2.75, 3.05) is 17.2 Å². The van der Waals surface area contributed by atoms with Gasteiger partial charge in [-0.25, -0.2) is 0 Å². The number of aryl methyl sites for hydroxylation is 2. The Labute approximate surface area is 125 Å². The molecule has 5 heteroatoms. The van der Waals surface area contributed by atoms with E-state index in [1.54, 1.807) is 0 Å². The third kappa shape index (κ3) is 2.48. The molecule has 2 aromatic rings. The number of pyridine rings is 1. The van der Waals surface area contributed by atoms with Gasteiger partial charge in [-0.2, -0.15) is 5.10 Å². The number of anilines is 2. The van der Waals surface area contributed by atoms with Crippen molar-refractivity contribution in [1.82, 2.24) is 14.8 Å². The standard InChI is InChI=1S/C16H23N5/c1-3-6-13-15(17)16(20(2)19-13)21-10-5-8-14(21)12-7-4-9-18-11-12/h4,7,9,11,14H,3,5-6,8,10,17H2,1-2H3. The van der Waals surface area contributed by atoms with E-state index < -0.39 is 0 Å². The highest BCUT2D eigenvalue weighted by atomic mass is 15.4. The lowest BCUT2D eigenvalue weighted by molar-refractivity contribution is 0.664. The summed E-state index contributed by atoms with van der Waals surface area (Å²) in [5, 5.41) is 4.61. The Morgan fingerprint density at radius 2 is 2.29 bits per heavy atom. The van der Waals surface area contributed by atoms with Gasteiger partial charge in [-0.1, -0.05) is 19.4 Å². The van der Waals surface area contributed by atoms with Gasteiger partial charge in [0.05, 0.1) is 17.4 Å². The van der Waals surface area contributed by atoms with Crippen molar-refractivity contribution in [1.29, 1.82) is 0 Å². The molecule has 2 aromatic heterocycles. The molecule has 5 nitrogen and oxygen atoms in total. The van der Waals surface area contributed by atoms with E-state index in [-0.39, 0.29) is 0 Å². The fourth-order valence-corrected chi connectivity index (χ4v) is 3.29. The van der Waals surface area contributed by atoms with Crippen molar-refractivity contribution in [2.24, 2.45) is 7.05 Å². The minimum absolute atomic E-state index is 0.353. The largest absolute Gasteiger partial charge is 0.394 e. The molecule has 0 bridgehead atoms. The molecule has 0 radical (unpaired) electrons. The fraction of sp³-hybridized carbons (Fsp3) is 0.500. The molecule has 1 atom stereocenters. The SMILES string of the molecule is CCCc1nn(C)c(N2CCCC2c2cccnc2)c1N. The zero-order valence-corrected chi connectivity index (χ0v) is 12.8. The number of hydrogen-bond acceptors (Lipinski definition) is 4.